The molecule has 3 heteroatoms. The molecule has 0 radical (unpaired) electrons. The Balaban J connectivity index is 1.62. The lowest BCUT2D eigenvalue weighted by atomic mass is 9.99. The van der Waals surface area contributed by atoms with E-state index in [1.807, 2.05) is 36.4 Å². The first kappa shape index (κ1) is 17.2. The fourth-order valence-electron chi connectivity index (χ4n) is 2.90. The quantitative estimate of drug-likeness (QED) is 0.646. The highest BCUT2D eigenvalue weighted by atomic mass is 35.5. The molecule has 0 aliphatic carbocycles. The lowest BCUT2D eigenvalue weighted by molar-refractivity contribution is 0.100. The van der Waals surface area contributed by atoms with Gasteiger partial charge in [-0.2, -0.15) is 0 Å². The van der Waals surface area contributed by atoms with Crippen LogP contribution in [0.5, 0.6) is 0 Å². The Labute approximate surface area is 153 Å². The Bertz CT molecular complexity index is 871. The minimum absolute atomic E-state index is 0.403. The maximum Gasteiger partial charge on any atom is 0.248 e. The van der Waals surface area contributed by atoms with Gasteiger partial charge in [0.05, 0.1) is 0 Å². The van der Waals surface area contributed by atoms with Crippen LogP contribution in [0.15, 0.2) is 72.8 Å². The van der Waals surface area contributed by atoms with Gasteiger partial charge in [0.25, 0.3) is 0 Å². The van der Waals surface area contributed by atoms with Gasteiger partial charge in [0.15, 0.2) is 0 Å². The van der Waals surface area contributed by atoms with Crippen molar-refractivity contribution < 1.29 is 4.79 Å². The summed E-state index contributed by atoms with van der Waals surface area (Å²) >= 11 is 6.02. The van der Waals surface area contributed by atoms with Crippen LogP contribution in [0.25, 0.3) is 11.1 Å². The van der Waals surface area contributed by atoms with Gasteiger partial charge < -0.3 is 5.73 Å². The molecule has 3 rings (SSSR count). The molecule has 2 N–H and O–H groups in total. The van der Waals surface area contributed by atoms with Gasteiger partial charge in [0, 0.05) is 10.6 Å². The predicted molar refractivity (Wildman–Crippen MR) is 104 cm³/mol. The van der Waals surface area contributed by atoms with E-state index in [0.29, 0.717) is 5.56 Å². The molecule has 0 aromatic heterocycles. The van der Waals surface area contributed by atoms with Crippen LogP contribution in [-0.4, -0.2) is 5.91 Å². The number of rotatable bonds is 6. The Morgan fingerprint density at radius 3 is 2.24 bits per heavy atom. The average Bonchev–Trinajstić information content (AvgIpc) is 2.62. The lowest BCUT2D eigenvalue weighted by Crippen LogP contribution is -2.10. The first-order chi connectivity index (χ1) is 12.1. The van der Waals surface area contributed by atoms with Crippen LogP contribution >= 0.6 is 11.6 Å². The third kappa shape index (κ3) is 4.71. The highest BCUT2D eigenvalue weighted by Gasteiger charge is 2.04. The zero-order valence-corrected chi connectivity index (χ0v) is 14.7. The number of carbonyl (C=O) groups is 1. The molecule has 3 aromatic carbocycles. The fourth-order valence-corrected chi connectivity index (χ4v) is 3.12. The van der Waals surface area contributed by atoms with Crippen LogP contribution < -0.4 is 5.73 Å². The molecular formula is C22H20ClNO. The van der Waals surface area contributed by atoms with Gasteiger partial charge in [0.1, 0.15) is 0 Å². The van der Waals surface area contributed by atoms with Gasteiger partial charge in [-0.1, -0.05) is 60.1 Å². The van der Waals surface area contributed by atoms with Crippen LogP contribution in [-0.2, 0) is 12.8 Å². The van der Waals surface area contributed by atoms with E-state index in [9.17, 15) is 4.79 Å². The third-order valence-electron chi connectivity index (χ3n) is 4.25. The maximum atomic E-state index is 11.3. The van der Waals surface area contributed by atoms with E-state index in [1.165, 1.54) is 11.1 Å². The lowest BCUT2D eigenvalue weighted by Gasteiger charge is -2.06. The molecule has 0 unspecified atom stereocenters. The van der Waals surface area contributed by atoms with E-state index >= 15 is 0 Å². The third-order valence-corrected chi connectivity index (χ3v) is 4.49. The summed E-state index contributed by atoms with van der Waals surface area (Å²) in [4.78, 5) is 11.3. The van der Waals surface area contributed by atoms with Crippen molar-refractivity contribution in [2.24, 2.45) is 5.73 Å². The largest absolute Gasteiger partial charge is 0.366 e. The molecule has 0 spiro atoms. The summed E-state index contributed by atoms with van der Waals surface area (Å²) in [6, 6.07) is 23.9. The number of hydrogen-bond acceptors (Lipinski definition) is 1. The molecule has 2 nitrogen and oxygen atoms in total. The molecule has 0 fully saturated rings. The smallest absolute Gasteiger partial charge is 0.248 e. The fraction of sp³-hybridized carbons (Fsp3) is 0.136. The van der Waals surface area contributed by atoms with Crippen LogP contribution in [0.2, 0.25) is 5.02 Å². The molecule has 0 aliphatic heterocycles. The number of aryl methyl sites for hydroxylation is 2. The van der Waals surface area contributed by atoms with Gasteiger partial charge in [-0.05, 0) is 65.8 Å². The summed E-state index contributed by atoms with van der Waals surface area (Å²) in [5.41, 5.74) is 10.5. The van der Waals surface area contributed by atoms with Crippen molar-refractivity contribution in [3.05, 3.63) is 94.5 Å². The molecule has 3 aromatic rings. The van der Waals surface area contributed by atoms with E-state index in [0.717, 1.165) is 35.4 Å². The number of benzene rings is 3. The van der Waals surface area contributed by atoms with Gasteiger partial charge >= 0.3 is 0 Å². The summed E-state index contributed by atoms with van der Waals surface area (Å²) in [5, 5.41) is 0.792. The normalized spacial score (nSPS) is 10.6. The molecule has 0 aliphatic rings. The topological polar surface area (TPSA) is 43.1 Å². The maximum absolute atomic E-state index is 11.3. The van der Waals surface area contributed by atoms with Crippen LogP contribution in [0.4, 0.5) is 0 Å². The van der Waals surface area contributed by atoms with Crippen molar-refractivity contribution in [1.82, 2.24) is 0 Å². The van der Waals surface area contributed by atoms with Crippen molar-refractivity contribution in [1.29, 1.82) is 0 Å². The molecule has 0 heterocycles. The number of nitrogens with two attached hydrogens (primary N) is 1. The summed E-state index contributed by atoms with van der Waals surface area (Å²) in [6.45, 7) is 0. The molecule has 0 saturated heterocycles. The average molecular weight is 350 g/mol. The number of carbonyl (C=O) groups excluding carboxylic acids is 1. The van der Waals surface area contributed by atoms with E-state index in [-0.39, 0.29) is 0 Å². The van der Waals surface area contributed by atoms with E-state index < -0.39 is 5.91 Å². The molecule has 25 heavy (non-hydrogen) atoms. The van der Waals surface area contributed by atoms with Crippen molar-refractivity contribution in [2.75, 3.05) is 0 Å². The summed E-state index contributed by atoms with van der Waals surface area (Å²) < 4.78 is 0. The van der Waals surface area contributed by atoms with Gasteiger partial charge in [0.2, 0.25) is 5.91 Å². The van der Waals surface area contributed by atoms with Crippen molar-refractivity contribution in [2.45, 2.75) is 19.3 Å². The van der Waals surface area contributed by atoms with Crippen molar-refractivity contribution >= 4 is 17.5 Å². The van der Waals surface area contributed by atoms with Crippen LogP contribution in [0.3, 0.4) is 0 Å². The SMILES string of the molecule is NC(=O)c1cccc(-c2ccc(CCCc3cccc(Cl)c3)cc2)c1. The Morgan fingerprint density at radius 2 is 1.52 bits per heavy atom. The number of halogens is 1. The standard InChI is InChI=1S/C22H20ClNO/c23-21-9-2-6-17(14-21)5-1-4-16-10-12-18(13-11-16)19-7-3-8-20(15-19)22(24)25/h2-3,6-15H,1,4-5H2,(H2,24,25). The zero-order valence-electron chi connectivity index (χ0n) is 13.9. The summed E-state index contributed by atoms with van der Waals surface area (Å²) in [7, 11) is 0. The highest BCUT2D eigenvalue weighted by molar-refractivity contribution is 6.30. The highest BCUT2D eigenvalue weighted by Crippen LogP contribution is 2.22. The number of amides is 1. The van der Waals surface area contributed by atoms with E-state index in [1.54, 1.807) is 6.07 Å². The summed E-state index contributed by atoms with van der Waals surface area (Å²) in [5.74, 6) is -0.403. The molecule has 0 saturated carbocycles. The van der Waals surface area contributed by atoms with Crippen LogP contribution in [0, 0.1) is 0 Å². The summed E-state index contributed by atoms with van der Waals surface area (Å²) in [6.07, 6.45) is 3.12. The van der Waals surface area contributed by atoms with Gasteiger partial charge in [-0.25, -0.2) is 0 Å². The van der Waals surface area contributed by atoms with E-state index in [2.05, 4.69) is 30.3 Å². The second-order valence-electron chi connectivity index (χ2n) is 6.13. The van der Waals surface area contributed by atoms with Crippen molar-refractivity contribution in [3.8, 4) is 11.1 Å². The van der Waals surface area contributed by atoms with E-state index in [4.69, 9.17) is 17.3 Å². The first-order valence-corrected chi connectivity index (χ1v) is 8.73. The number of hydrogen-bond donors (Lipinski definition) is 1. The molecule has 126 valence electrons. The molecule has 0 bridgehead atoms. The monoisotopic (exact) mass is 349 g/mol. The molecular weight excluding hydrogens is 330 g/mol. The Kier molecular flexibility index (Phi) is 5.52. The number of primary amides is 1. The van der Waals surface area contributed by atoms with Crippen LogP contribution in [0.1, 0.15) is 27.9 Å². The minimum atomic E-state index is -0.403. The second kappa shape index (κ2) is 8.00. The molecule has 0 atom stereocenters. The second-order valence-corrected chi connectivity index (χ2v) is 6.56. The molecule has 1 amide bonds. The predicted octanol–water partition coefficient (Wildman–Crippen LogP) is 5.28. The van der Waals surface area contributed by atoms with Gasteiger partial charge in [-0.3, -0.25) is 4.79 Å². The minimum Gasteiger partial charge on any atom is -0.366 e. The first-order valence-electron chi connectivity index (χ1n) is 8.35. The van der Waals surface area contributed by atoms with Gasteiger partial charge in [-0.15, -0.1) is 0 Å². The Hall–Kier alpha value is -2.58. The van der Waals surface area contributed by atoms with Crippen molar-refractivity contribution in [3.63, 3.8) is 0 Å². The Morgan fingerprint density at radius 1 is 0.800 bits per heavy atom. The zero-order chi connectivity index (χ0) is 17.6.